The Morgan fingerprint density at radius 2 is 2.27 bits per heavy atom. The molecule has 0 aliphatic heterocycles. The third-order valence-electron chi connectivity index (χ3n) is 1.67. The molecule has 1 aromatic rings. The number of carboxylic acid groups (broad SMARTS) is 1. The summed E-state index contributed by atoms with van der Waals surface area (Å²) in [6, 6.07) is 2.87. The van der Waals surface area contributed by atoms with E-state index < -0.39 is 16.8 Å². The molecular formula is C8H7FN2O4. The van der Waals surface area contributed by atoms with Gasteiger partial charge in [0.1, 0.15) is 5.82 Å². The van der Waals surface area contributed by atoms with E-state index >= 15 is 0 Å². The molecule has 0 aromatic heterocycles. The molecule has 0 atom stereocenters. The van der Waals surface area contributed by atoms with Gasteiger partial charge in [-0.2, -0.15) is 0 Å². The summed E-state index contributed by atoms with van der Waals surface area (Å²) < 4.78 is 12.7. The summed E-state index contributed by atoms with van der Waals surface area (Å²) in [5, 5.41) is 20.7. The van der Waals surface area contributed by atoms with E-state index in [0.29, 0.717) is 0 Å². The first kappa shape index (κ1) is 10.9. The SMILES string of the molecule is O=C(O)NCc1cc(F)ccc1[N+](=O)[O-]. The zero-order valence-electron chi connectivity index (χ0n) is 7.44. The topological polar surface area (TPSA) is 92.5 Å². The Bertz CT molecular complexity index is 408. The van der Waals surface area contributed by atoms with Crippen LogP contribution < -0.4 is 5.32 Å². The first-order valence-electron chi connectivity index (χ1n) is 3.90. The summed E-state index contributed by atoms with van der Waals surface area (Å²) in [5.74, 6) is -0.650. The van der Waals surface area contributed by atoms with Gasteiger partial charge in [-0.25, -0.2) is 9.18 Å². The molecule has 80 valence electrons. The lowest BCUT2D eigenvalue weighted by Gasteiger charge is -2.02. The molecule has 0 spiro atoms. The molecule has 0 aliphatic carbocycles. The van der Waals surface area contributed by atoms with E-state index in [0.717, 1.165) is 18.2 Å². The highest BCUT2D eigenvalue weighted by atomic mass is 19.1. The minimum Gasteiger partial charge on any atom is -0.465 e. The Morgan fingerprint density at radius 1 is 1.60 bits per heavy atom. The van der Waals surface area contributed by atoms with E-state index in [1.807, 2.05) is 5.32 Å². The third-order valence-corrected chi connectivity index (χ3v) is 1.67. The number of nitrogens with zero attached hydrogens (tertiary/aromatic N) is 1. The summed E-state index contributed by atoms with van der Waals surface area (Å²) in [5.41, 5.74) is -0.326. The van der Waals surface area contributed by atoms with Crippen molar-refractivity contribution in [2.45, 2.75) is 6.54 Å². The number of nitro groups is 1. The number of hydrogen-bond acceptors (Lipinski definition) is 3. The summed E-state index contributed by atoms with van der Waals surface area (Å²) in [4.78, 5) is 20.0. The minimum absolute atomic E-state index is 0.0117. The lowest BCUT2D eigenvalue weighted by atomic mass is 10.2. The highest BCUT2D eigenvalue weighted by Gasteiger charge is 2.14. The maximum Gasteiger partial charge on any atom is 0.404 e. The third kappa shape index (κ3) is 2.90. The predicted molar refractivity (Wildman–Crippen MR) is 47.9 cm³/mol. The molecule has 2 N–H and O–H groups in total. The van der Waals surface area contributed by atoms with Crippen molar-refractivity contribution in [2.24, 2.45) is 0 Å². The second-order valence-electron chi connectivity index (χ2n) is 2.69. The Balaban J connectivity index is 2.96. The van der Waals surface area contributed by atoms with Crippen LogP contribution in [0.25, 0.3) is 0 Å². The fraction of sp³-hybridized carbons (Fsp3) is 0.125. The van der Waals surface area contributed by atoms with Crippen LogP contribution in [0.2, 0.25) is 0 Å². The smallest absolute Gasteiger partial charge is 0.404 e. The number of nitrogens with one attached hydrogen (secondary N) is 1. The van der Waals surface area contributed by atoms with Gasteiger partial charge in [0.25, 0.3) is 5.69 Å². The van der Waals surface area contributed by atoms with Crippen molar-refractivity contribution in [1.82, 2.24) is 5.32 Å². The molecule has 0 bridgehead atoms. The van der Waals surface area contributed by atoms with Gasteiger partial charge in [-0.1, -0.05) is 0 Å². The van der Waals surface area contributed by atoms with E-state index in [1.54, 1.807) is 0 Å². The lowest BCUT2D eigenvalue weighted by Crippen LogP contribution is -2.20. The number of carbonyl (C=O) groups is 1. The molecule has 0 saturated carbocycles. The first-order valence-corrected chi connectivity index (χ1v) is 3.90. The summed E-state index contributed by atoms with van der Waals surface area (Å²) in [6.07, 6.45) is -1.33. The molecule has 0 aliphatic rings. The van der Waals surface area contributed by atoms with Crippen molar-refractivity contribution < 1.29 is 19.2 Å². The van der Waals surface area contributed by atoms with Crippen molar-refractivity contribution in [3.05, 3.63) is 39.7 Å². The van der Waals surface area contributed by atoms with Crippen LogP contribution in [-0.4, -0.2) is 16.1 Å². The van der Waals surface area contributed by atoms with Crippen molar-refractivity contribution in [3.63, 3.8) is 0 Å². The Labute approximate surface area is 83.5 Å². The summed E-state index contributed by atoms with van der Waals surface area (Å²) in [7, 11) is 0. The van der Waals surface area contributed by atoms with Crippen LogP contribution in [0.5, 0.6) is 0 Å². The largest absolute Gasteiger partial charge is 0.465 e. The van der Waals surface area contributed by atoms with Gasteiger partial charge in [0.2, 0.25) is 0 Å². The average molecular weight is 214 g/mol. The maximum atomic E-state index is 12.7. The zero-order valence-corrected chi connectivity index (χ0v) is 7.44. The van der Waals surface area contributed by atoms with Crippen LogP contribution in [0.3, 0.4) is 0 Å². The molecule has 7 heteroatoms. The predicted octanol–water partition coefficient (Wildman–Crippen LogP) is 1.50. The molecule has 1 rings (SSSR count). The standard InChI is InChI=1S/C8H7FN2O4/c9-6-1-2-7(11(14)15)5(3-6)4-10-8(12)13/h1-3,10H,4H2,(H,12,13). The quantitative estimate of drug-likeness (QED) is 0.589. The fourth-order valence-corrected chi connectivity index (χ4v) is 1.04. The van der Waals surface area contributed by atoms with Gasteiger partial charge >= 0.3 is 6.09 Å². The van der Waals surface area contributed by atoms with E-state index in [9.17, 15) is 19.3 Å². The molecule has 15 heavy (non-hydrogen) atoms. The first-order chi connectivity index (χ1) is 7.00. The molecule has 1 aromatic carbocycles. The number of amides is 1. The van der Waals surface area contributed by atoms with E-state index in [1.165, 1.54) is 0 Å². The van der Waals surface area contributed by atoms with E-state index in [-0.39, 0.29) is 17.8 Å². The summed E-state index contributed by atoms with van der Waals surface area (Å²) in [6.45, 7) is -0.302. The fourth-order valence-electron chi connectivity index (χ4n) is 1.04. The van der Waals surface area contributed by atoms with Gasteiger partial charge in [0.15, 0.2) is 0 Å². The van der Waals surface area contributed by atoms with E-state index in [2.05, 4.69) is 0 Å². The van der Waals surface area contributed by atoms with Crippen molar-refractivity contribution in [2.75, 3.05) is 0 Å². The molecule has 6 nitrogen and oxygen atoms in total. The molecule has 0 radical (unpaired) electrons. The van der Waals surface area contributed by atoms with Crippen LogP contribution in [-0.2, 0) is 6.54 Å². The normalized spacial score (nSPS) is 9.67. The second kappa shape index (κ2) is 4.36. The number of nitro benzene ring substituents is 1. The van der Waals surface area contributed by atoms with Gasteiger partial charge in [0, 0.05) is 6.07 Å². The van der Waals surface area contributed by atoms with E-state index in [4.69, 9.17) is 5.11 Å². The monoisotopic (exact) mass is 214 g/mol. The van der Waals surface area contributed by atoms with Crippen molar-refractivity contribution in [3.8, 4) is 0 Å². The molecule has 0 heterocycles. The number of hydrogen-bond donors (Lipinski definition) is 2. The van der Waals surface area contributed by atoms with Gasteiger partial charge in [-0.15, -0.1) is 0 Å². The maximum absolute atomic E-state index is 12.7. The second-order valence-corrected chi connectivity index (χ2v) is 2.69. The highest BCUT2D eigenvalue weighted by Crippen LogP contribution is 2.19. The zero-order chi connectivity index (χ0) is 11.4. The Kier molecular flexibility index (Phi) is 3.17. The number of rotatable bonds is 3. The van der Waals surface area contributed by atoms with Crippen LogP contribution >= 0.6 is 0 Å². The van der Waals surface area contributed by atoms with Crippen LogP contribution in [0.4, 0.5) is 14.9 Å². The highest BCUT2D eigenvalue weighted by molar-refractivity contribution is 5.64. The molecule has 0 saturated heterocycles. The molecule has 0 unspecified atom stereocenters. The van der Waals surface area contributed by atoms with Gasteiger partial charge in [-0.05, 0) is 12.1 Å². The van der Waals surface area contributed by atoms with Crippen LogP contribution in [0.1, 0.15) is 5.56 Å². The minimum atomic E-state index is -1.33. The lowest BCUT2D eigenvalue weighted by molar-refractivity contribution is -0.385. The molecule has 1 amide bonds. The average Bonchev–Trinajstić information content (AvgIpc) is 2.14. The van der Waals surface area contributed by atoms with Gasteiger partial charge in [-0.3, -0.25) is 10.1 Å². The molecular weight excluding hydrogens is 207 g/mol. The van der Waals surface area contributed by atoms with Gasteiger partial charge < -0.3 is 10.4 Å². The van der Waals surface area contributed by atoms with Crippen molar-refractivity contribution in [1.29, 1.82) is 0 Å². The molecule has 0 fully saturated rings. The Morgan fingerprint density at radius 3 is 2.80 bits per heavy atom. The number of benzene rings is 1. The van der Waals surface area contributed by atoms with Crippen molar-refractivity contribution >= 4 is 11.8 Å². The Hall–Kier alpha value is -2.18. The number of halogens is 1. The van der Waals surface area contributed by atoms with Crippen LogP contribution in [0, 0.1) is 15.9 Å². The van der Waals surface area contributed by atoms with Crippen LogP contribution in [0.15, 0.2) is 18.2 Å². The summed E-state index contributed by atoms with van der Waals surface area (Å²) >= 11 is 0. The van der Waals surface area contributed by atoms with Gasteiger partial charge in [0.05, 0.1) is 17.0 Å².